The van der Waals surface area contributed by atoms with Gasteiger partial charge in [0.1, 0.15) is 17.9 Å². The van der Waals surface area contributed by atoms with Crippen molar-refractivity contribution in [3.63, 3.8) is 0 Å². The van der Waals surface area contributed by atoms with Crippen molar-refractivity contribution in [2.45, 2.75) is 6.61 Å². The lowest BCUT2D eigenvalue weighted by atomic mass is 10.2. The molecule has 174 valence electrons. The van der Waals surface area contributed by atoms with Crippen molar-refractivity contribution in [1.82, 2.24) is 9.66 Å². The molecule has 0 amide bonds. The summed E-state index contributed by atoms with van der Waals surface area (Å²) in [6, 6.07) is 34.3. The summed E-state index contributed by atoms with van der Waals surface area (Å²) in [5.74, 6) is 1.57. The minimum atomic E-state index is -0.268. The van der Waals surface area contributed by atoms with Gasteiger partial charge in [0.2, 0.25) is 5.82 Å². The lowest BCUT2D eigenvalue weighted by molar-refractivity contribution is 0.306. The van der Waals surface area contributed by atoms with E-state index in [-0.39, 0.29) is 5.56 Å². The Morgan fingerprint density at radius 1 is 0.861 bits per heavy atom. The molecule has 4 aromatic carbocycles. The van der Waals surface area contributed by atoms with E-state index in [1.807, 2.05) is 103 Å². The molecule has 0 saturated carbocycles. The third-order valence-electron chi connectivity index (χ3n) is 5.85. The van der Waals surface area contributed by atoms with Crippen molar-refractivity contribution in [2.75, 3.05) is 0 Å². The number of rotatable bonds is 6. The van der Waals surface area contributed by atoms with Crippen LogP contribution in [0.25, 0.3) is 33.5 Å². The second-order valence-electron chi connectivity index (χ2n) is 8.31. The highest BCUT2D eigenvalue weighted by molar-refractivity contribution is 5.84. The Morgan fingerprint density at radius 3 is 2.44 bits per heavy atom. The third-order valence-corrected chi connectivity index (χ3v) is 5.85. The van der Waals surface area contributed by atoms with E-state index in [0.717, 1.165) is 27.8 Å². The molecule has 6 aromatic rings. The fourth-order valence-corrected chi connectivity index (χ4v) is 4.00. The molecule has 6 nitrogen and oxygen atoms in total. The summed E-state index contributed by atoms with van der Waals surface area (Å²) in [5, 5.41) is 5.92. The second kappa shape index (κ2) is 9.35. The van der Waals surface area contributed by atoms with Gasteiger partial charge in [0.15, 0.2) is 5.76 Å². The number of hydrogen-bond acceptors (Lipinski definition) is 5. The van der Waals surface area contributed by atoms with Crippen LogP contribution in [0.2, 0.25) is 0 Å². The van der Waals surface area contributed by atoms with E-state index < -0.39 is 0 Å². The van der Waals surface area contributed by atoms with Gasteiger partial charge >= 0.3 is 0 Å². The van der Waals surface area contributed by atoms with Crippen LogP contribution in [0.1, 0.15) is 11.1 Å². The highest BCUT2D eigenvalue weighted by Gasteiger charge is 2.16. The third kappa shape index (κ3) is 4.28. The average molecular weight is 472 g/mol. The quantitative estimate of drug-likeness (QED) is 0.269. The zero-order valence-corrected chi connectivity index (χ0v) is 19.2. The Morgan fingerprint density at radius 2 is 1.61 bits per heavy atom. The SMILES string of the molecule is O=c1c2ccccc2nc(-c2cc3ccccc3o2)n1N=Cc1ccc(OCc2ccccc2)cc1. The van der Waals surface area contributed by atoms with Crippen molar-refractivity contribution in [1.29, 1.82) is 0 Å². The zero-order valence-electron chi connectivity index (χ0n) is 19.2. The van der Waals surface area contributed by atoms with E-state index in [2.05, 4.69) is 5.10 Å². The number of benzene rings is 4. The summed E-state index contributed by atoms with van der Waals surface area (Å²) in [6.45, 7) is 0.493. The minimum Gasteiger partial charge on any atom is -0.489 e. The monoisotopic (exact) mass is 471 g/mol. The number of fused-ring (bicyclic) bond motifs is 2. The predicted octanol–water partition coefficient (Wildman–Crippen LogP) is 6.27. The largest absolute Gasteiger partial charge is 0.489 e. The predicted molar refractivity (Wildman–Crippen MR) is 141 cm³/mol. The zero-order chi connectivity index (χ0) is 24.3. The van der Waals surface area contributed by atoms with Crippen molar-refractivity contribution in [3.05, 3.63) is 131 Å². The number of para-hydroxylation sites is 2. The van der Waals surface area contributed by atoms with Crippen LogP contribution in [0, 0.1) is 0 Å². The molecule has 0 aliphatic rings. The fourth-order valence-electron chi connectivity index (χ4n) is 4.00. The van der Waals surface area contributed by atoms with Gasteiger partial charge in [0.05, 0.1) is 17.1 Å². The molecule has 0 saturated heterocycles. The van der Waals surface area contributed by atoms with Gasteiger partial charge in [-0.15, -0.1) is 0 Å². The first-order valence-electron chi connectivity index (χ1n) is 11.6. The summed E-state index contributed by atoms with van der Waals surface area (Å²) in [6.07, 6.45) is 1.63. The number of nitrogens with zero attached hydrogens (tertiary/aromatic N) is 3. The van der Waals surface area contributed by atoms with Gasteiger partial charge in [-0.3, -0.25) is 4.79 Å². The van der Waals surface area contributed by atoms with E-state index in [4.69, 9.17) is 14.1 Å². The van der Waals surface area contributed by atoms with E-state index in [0.29, 0.717) is 29.1 Å². The van der Waals surface area contributed by atoms with Gasteiger partial charge in [0.25, 0.3) is 5.56 Å². The van der Waals surface area contributed by atoms with Crippen molar-refractivity contribution in [2.24, 2.45) is 5.10 Å². The molecule has 0 aliphatic heterocycles. The lowest BCUT2D eigenvalue weighted by Crippen LogP contribution is -2.20. The van der Waals surface area contributed by atoms with Gasteiger partial charge in [-0.1, -0.05) is 60.7 Å². The number of hydrogen-bond donors (Lipinski definition) is 0. The van der Waals surface area contributed by atoms with Crippen LogP contribution >= 0.6 is 0 Å². The molecule has 0 atom stereocenters. The maximum absolute atomic E-state index is 13.4. The number of aromatic nitrogens is 2. The Balaban J connectivity index is 1.34. The number of ether oxygens (including phenoxy) is 1. The average Bonchev–Trinajstić information content (AvgIpc) is 3.37. The topological polar surface area (TPSA) is 69.6 Å². The molecule has 2 aromatic heterocycles. The highest BCUT2D eigenvalue weighted by atomic mass is 16.5. The molecule has 6 rings (SSSR count). The lowest BCUT2D eigenvalue weighted by Gasteiger charge is -2.08. The standard InChI is InChI=1S/C30H21N3O3/c34-30-25-11-5-6-12-26(25)32-29(28-18-23-10-4-7-13-27(23)36-28)33(30)31-19-21-14-16-24(17-15-21)35-20-22-8-2-1-3-9-22/h1-19H,20H2. The van der Waals surface area contributed by atoms with Gasteiger partial charge in [0, 0.05) is 5.39 Å². The van der Waals surface area contributed by atoms with Gasteiger partial charge < -0.3 is 9.15 Å². The first kappa shape index (κ1) is 21.6. The van der Waals surface area contributed by atoms with Gasteiger partial charge in [-0.25, -0.2) is 4.98 Å². The van der Waals surface area contributed by atoms with Crippen LogP contribution in [0.4, 0.5) is 0 Å². The Bertz CT molecular complexity index is 1720. The van der Waals surface area contributed by atoms with E-state index >= 15 is 0 Å². The fraction of sp³-hybridized carbons (Fsp3) is 0.0333. The minimum absolute atomic E-state index is 0.268. The first-order chi connectivity index (χ1) is 17.7. The van der Waals surface area contributed by atoms with E-state index in [1.54, 1.807) is 12.3 Å². The van der Waals surface area contributed by atoms with Crippen molar-refractivity contribution >= 4 is 28.1 Å². The maximum Gasteiger partial charge on any atom is 0.282 e. The molecule has 0 N–H and O–H groups in total. The van der Waals surface area contributed by atoms with Crippen LogP contribution in [-0.2, 0) is 6.61 Å². The van der Waals surface area contributed by atoms with Gasteiger partial charge in [-0.2, -0.15) is 9.78 Å². The smallest absolute Gasteiger partial charge is 0.282 e. The molecule has 0 fully saturated rings. The van der Waals surface area contributed by atoms with Crippen LogP contribution in [0.3, 0.4) is 0 Å². The van der Waals surface area contributed by atoms with E-state index in [1.165, 1.54) is 4.68 Å². The molecule has 0 radical (unpaired) electrons. The normalized spacial score (nSPS) is 11.4. The van der Waals surface area contributed by atoms with E-state index in [9.17, 15) is 4.79 Å². The van der Waals surface area contributed by atoms with Crippen LogP contribution < -0.4 is 10.3 Å². The summed E-state index contributed by atoms with van der Waals surface area (Å²) in [5.41, 5.74) is 2.96. The molecule has 0 unspecified atom stereocenters. The number of furan rings is 1. The van der Waals surface area contributed by atoms with Gasteiger partial charge in [-0.05, 0) is 59.7 Å². The summed E-state index contributed by atoms with van der Waals surface area (Å²) >= 11 is 0. The molecule has 0 aliphatic carbocycles. The molecule has 36 heavy (non-hydrogen) atoms. The van der Waals surface area contributed by atoms with Crippen molar-refractivity contribution in [3.8, 4) is 17.3 Å². The Kier molecular flexibility index (Phi) is 5.60. The molecule has 6 heteroatoms. The molecule has 2 heterocycles. The second-order valence-corrected chi connectivity index (χ2v) is 8.31. The van der Waals surface area contributed by atoms with Crippen molar-refractivity contribution < 1.29 is 9.15 Å². The Labute approximate surface area is 206 Å². The highest BCUT2D eigenvalue weighted by Crippen LogP contribution is 2.27. The van der Waals surface area contributed by atoms with Crippen LogP contribution in [0.15, 0.2) is 124 Å². The Hall–Kier alpha value is -4.97. The molecule has 0 spiro atoms. The maximum atomic E-state index is 13.4. The van der Waals surface area contributed by atoms with Crippen LogP contribution in [-0.4, -0.2) is 15.9 Å². The summed E-state index contributed by atoms with van der Waals surface area (Å²) in [4.78, 5) is 18.1. The molecule has 0 bridgehead atoms. The molecular weight excluding hydrogens is 450 g/mol. The summed E-state index contributed by atoms with van der Waals surface area (Å²) in [7, 11) is 0. The first-order valence-corrected chi connectivity index (χ1v) is 11.6. The summed E-state index contributed by atoms with van der Waals surface area (Å²) < 4.78 is 13.2. The molecular formula is C30H21N3O3. The van der Waals surface area contributed by atoms with Crippen LogP contribution in [0.5, 0.6) is 5.75 Å².